The Hall–Kier alpha value is -9.88. The quantitative estimate of drug-likeness (QED) is 0.134. The van der Waals surface area contributed by atoms with Gasteiger partial charge in [-0.1, -0.05) is 193 Å². The zero-order valence-corrected chi connectivity index (χ0v) is 46.0. The molecule has 0 bridgehead atoms. The Bertz CT molecular complexity index is 4490. The maximum atomic E-state index is 7.18. The lowest BCUT2D eigenvalue weighted by atomic mass is 9.30. The van der Waals surface area contributed by atoms with Crippen LogP contribution in [0.1, 0.15) is 11.1 Å². The van der Waals surface area contributed by atoms with Crippen molar-refractivity contribution in [3.8, 4) is 45.3 Å². The molecule has 0 unspecified atom stereocenters. The zero-order valence-electron chi connectivity index (χ0n) is 45.2. The molecule has 12 aromatic carbocycles. The lowest BCUT2D eigenvalue weighted by Crippen LogP contribution is -2.64. The number of anilines is 9. The molecule has 0 radical (unpaired) electrons. The lowest BCUT2D eigenvalue weighted by Gasteiger charge is -2.46. The molecule has 82 heavy (non-hydrogen) atoms. The van der Waals surface area contributed by atoms with E-state index in [1.54, 1.807) is 0 Å². The third-order valence-electron chi connectivity index (χ3n) is 16.6. The largest absolute Gasteiger partial charge is 0.457 e. The summed E-state index contributed by atoms with van der Waals surface area (Å²) in [6.45, 7) is 4.20. The first kappa shape index (κ1) is 48.1. The number of rotatable bonds is 9. The lowest BCUT2D eigenvalue weighted by molar-refractivity contribution is 0.482. The molecule has 8 heteroatoms. The van der Waals surface area contributed by atoms with Gasteiger partial charge in [-0.3, -0.25) is 0 Å². The minimum Gasteiger partial charge on any atom is -0.457 e. The molecule has 0 aromatic heterocycles. The van der Waals surface area contributed by atoms with E-state index >= 15 is 0 Å². The molecule has 0 atom stereocenters. The van der Waals surface area contributed by atoms with Gasteiger partial charge in [0.25, 0.3) is 6.71 Å². The fourth-order valence-electron chi connectivity index (χ4n) is 13.1. The van der Waals surface area contributed by atoms with Crippen LogP contribution in [0.15, 0.2) is 283 Å². The molecule has 5 nitrogen and oxygen atoms in total. The topological polar surface area (TPSA) is 28.2 Å². The van der Waals surface area contributed by atoms with Crippen LogP contribution in [0.2, 0.25) is 0 Å². The molecular weight excluding hydrogens is 1020 g/mol. The molecule has 0 aliphatic carbocycles. The Balaban J connectivity index is 0.953. The zero-order chi connectivity index (χ0) is 54.4. The molecule has 0 N–H and O–H groups in total. The highest BCUT2D eigenvalue weighted by molar-refractivity contribution is 8.00. The summed E-state index contributed by atoms with van der Waals surface area (Å²) >= 11 is 1.85. The Morgan fingerprint density at radius 1 is 0.280 bits per heavy atom. The Morgan fingerprint density at radius 3 is 1.21 bits per heavy atom. The average molecular weight is 1070 g/mol. The smallest absolute Gasteiger partial charge is 0.252 e. The van der Waals surface area contributed by atoms with E-state index in [1.807, 2.05) is 11.8 Å². The van der Waals surface area contributed by atoms with Gasteiger partial charge in [0.15, 0.2) is 0 Å². The highest BCUT2D eigenvalue weighted by Gasteiger charge is 2.48. The Morgan fingerprint density at radius 2 is 0.695 bits per heavy atom. The summed E-state index contributed by atoms with van der Waals surface area (Å²) in [6, 6.07) is 98.8. The normalized spacial score (nSPS) is 13.1. The van der Waals surface area contributed by atoms with Gasteiger partial charge in [-0.05, 0) is 154 Å². The molecule has 0 saturated carbocycles. The van der Waals surface area contributed by atoms with Crippen LogP contribution < -0.4 is 57.0 Å². The number of hydrogen-bond donors (Lipinski definition) is 0. The van der Waals surface area contributed by atoms with E-state index < -0.39 is 0 Å². The van der Waals surface area contributed by atoms with Crippen molar-refractivity contribution < 1.29 is 9.47 Å². The van der Waals surface area contributed by atoms with Crippen molar-refractivity contribution in [2.24, 2.45) is 0 Å². The first-order valence-electron chi connectivity index (χ1n) is 28.1. The summed E-state index contributed by atoms with van der Waals surface area (Å²) in [5, 5.41) is 0. The van der Waals surface area contributed by atoms with E-state index in [0.717, 1.165) is 96.4 Å². The highest BCUT2D eigenvalue weighted by atomic mass is 32.2. The molecule has 0 saturated heterocycles. The standard InChI is InChI=1S/C74H51B2N3O2S/c1-48-34-36-61-65(38-48)77(54-26-12-5-13-27-54)68-42-59(80-57-32-18-24-52(40-57)50-20-8-3-9-21-50)43-69-73(68)75(61)63-46-64-67(47-66(63)78(69)55-28-14-6-15-29-55)79(56-30-16-7-17-31-56)70-44-60(81-58-33-19-25-53(41-58)51-22-10-4-11-23-51)45-72-74(70)76(64)62-37-35-49(2)39-71(62)82-72/h3-47H,1-2H3. The van der Waals surface area contributed by atoms with Crippen molar-refractivity contribution in [1.29, 1.82) is 0 Å². The molecule has 4 aliphatic rings. The van der Waals surface area contributed by atoms with E-state index in [4.69, 9.17) is 9.47 Å². The number of fused-ring (bicyclic) bond motifs is 8. The molecule has 0 fully saturated rings. The van der Waals surface area contributed by atoms with Gasteiger partial charge in [0.05, 0.1) is 0 Å². The molecule has 386 valence electrons. The predicted molar refractivity (Wildman–Crippen MR) is 344 cm³/mol. The maximum absolute atomic E-state index is 7.18. The molecule has 4 aliphatic heterocycles. The summed E-state index contributed by atoms with van der Waals surface area (Å²) in [7, 11) is 0. The second-order valence-electron chi connectivity index (χ2n) is 21.8. The van der Waals surface area contributed by atoms with Gasteiger partial charge in [0.2, 0.25) is 6.71 Å². The van der Waals surface area contributed by atoms with Gasteiger partial charge >= 0.3 is 0 Å². The summed E-state index contributed by atoms with van der Waals surface area (Å²) in [6.07, 6.45) is 0. The van der Waals surface area contributed by atoms with Crippen molar-refractivity contribution >= 4 is 109 Å². The average Bonchev–Trinajstić information content (AvgIpc) is 2.06. The first-order valence-corrected chi connectivity index (χ1v) is 28.9. The molecule has 0 spiro atoms. The van der Waals surface area contributed by atoms with Crippen LogP contribution >= 0.6 is 11.8 Å². The second kappa shape index (κ2) is 19.4. The maximum Gasteiger partial charge on any atom is 0.252 e. The van der Waals surface area contributed by atoms with Crippen molar-refractivity contribution in [3.05, 3.63) is 284 Å². The van der Waals surface area contributed by atoms with Gasteiger partial charge in [-0.15, -0.1) is 0 Å². The van der Waals surface area contributed by atoms with Crippen molar-refractivity contribution in [2.75, 3.05) is 14.7 Å². The van der Waals surface area contributed by atoms with Crippen LogP contribution in [0, 0.1) is 13.8 Å². The van der Waals surface area contributed by atoms with Crippen molar-refractivity contribution in [3.63, 3.8) is 0 Å². The number of ether oxygens (including phenoxy) is 2. The molecule has 0 amide bonds. The first-order chi connectivity index (χ1) is 40.5. The van der Waals surface area contributed by atoms with Crippen LogP contribution in [-0.2, 0) is 0 Å². The van der Waals surface area contributed by atoms with Gasteiger partial charge in [-0.2, -0.15) is 0 Å². The van der Waals surface area contributed by atoms with Gasteiger partial charge in [0.1, 0.15) is 23.0 Å². The number of benzene rings is 12. The van der Waals surface area contributed by atoms with Crippen LogP contribution in [0.4, 0.5) is 51.2 Å². The second-order valence-corrected chi connectivity index (χ2v) is 22.9. The van der Waals surface area contributed by atoms with Crippen LogP contribution in [0.3, 0.4) is 0 Å². The van der Waals surface area contributed by atoms with Gasteiger partial charge < -0.3 is 24.2 Å². The SMILES string of the molecule is Cc1ccc2c(c1)Sc1cc(Oc3cccc(-c4ccccc4)c3)cc3c1B2c1cc2c(cc1N3c1ccccc1)N(c1ccccc1)c1cc(Oc3cccc(-c4ccccc4)c3)cc3c1B2c1ccc(C)cc1N3c1ccccc1. The van der Waals surface area contributed by atoms with E-state index in [9.17, 15) is 0 Å². The number of para-hydroxylation sites is 3. The summed E-state index contributed by atoms with van der Waals surface area (Å²) < 4.78 is 14.2. The van der Waals surface area contributed by atoms with E-state index in [2.05, 4.69) is 302 Å². The van der Waals surface area contributed by atoms with Crippen LogP contribution in [0.5, 0.6) is 23.0 Å². The van der Waals surface area contributed by atoms with E-state index in [1.165, 1.54) is 53.7 Å². The number of hydrogen-bond acceptors (Lipinski definition) is 6. The Kier molecular flexibility index (Phi) is 11.4. The summed E-state index contributed by atoms with van der Waals surface area (Å²) in [5.74, 6) is 3.09. The molecule has 16 rings (SSSR count). The van der Waals surface area contributed by atoms with Gasteiger partial charge in [-0.25, -0.2) is 0 Å². The summed E-state index contributed by atoms with van der Waals surface area (Å²) in [4.78, 5) is 9.91. The van der Waals surface area contributed by atoms with Crippen molar-refractivity contribution in [1.82, 2.24) is 0 Å². The molecule has 12 aromatic rings. The molecular formula is C74H51B2N3O2S. The van der Waals surface area contributed by atoms with Gasteiger partial charge in [0, 0.05) is 79.2 Å². The third kappa shape index (κ3) is 8.04. The minimum atomic E-state index is -0.139. The highest BCUT2D eigenvalue weighted by Crippen LogP contribution is 2.50. The Labute approximate surface area is 483 Å². The fraction of sp³-hybridized carbons (Fsp3) is 0.0270. The fourth-order valence-corrected chi connectivity index (χ4v) is 14.4. The van der Waals surface area contributed by atoms with E-state index in [-0.39, 0.29) is 13.4 Å². The van der Waals surface area contributed by atoms with Crippen LogP contribution in [0.25, 0.3) is 22.3 Å². The molecule has 4 heterocycles. The number of aryl methyl sites for hydroxylation is 2. The predicted octanol–water partition coefficient (Wildman–Crippen LogP) is 16.1. The van der Waals surface area contributed by atoms with Crippen LogP contribution in [-0.4, -0.2) is 13.4 Å². The van der Waals surface area contributed by atoms with E-state index in [0.29, 0.717) is 0 Å². The summed E-state index contributed by atoms with van der Waals surface area (Å²) in [5.41, 5.74) is 24.4. The monoisotopic (exact) mass is 1070 g/mol. The third-order valence-corrected chi connectivity index (χ3v) is 17.7. The number of nitrogens with zero attached hydrogens (tertiary/aromatic N) is 3. The minimum absolute atomic E-state index is 0.0760. The van der Waals surface area contributed by atoms with Crippen molar-refractivity contribution in [2.45, 2.75) is 23.6 Å².